The molecule has 0 unspecified atom stereocenters. The zero-order valence-corrected chi connectivity index (χ0v) is 11.5. The minimum atomic E-state index is 0.582. The second-order valence-corrected chi connectivity index (χ2v) is 5.62. The molecule has 2 heteroatoms. The van der Waals surface area contributed by atoms with Gasteiger partial charge in [0.1, 0.15) is 0 Å². The van der Waals surface area contributed by atoms with E-state index in [9.17, 15) is 0 Å². The average Bonchev–Trinajstić information content (AvgIpc) is 2.67. The third-order valence-corrected chi connectivity index (χ3v) is 3.80. The van der Waals surface area contributed by atoms with Crippen LogP contribution in [0.15, 0.2) is 0 Å². The topological polar surface area (TPSA) is 15.3 Å². The van der Waals surface area contributed by atoms with Crippen LogP contribution in [0, 0.1) is 5.41 Å². The van der Waals surface area contributed by atoms with E-state index in [4.69, 9.17) is 0 Å². The zero-order valence-electron chi connectivity index (χ0n) is 11.5. The van der Waals surface area contributed by atoms with Crippen LogP contribution in [-0.2, 0) is 0 Å². The summed E-state index contributed by atoms with van der Waals surface area (Å²) in [5.74, 6) is 0. The largest absolute Gasteiger partial charge is 0.316 e. The summed E-state index contributed by atoms with van der Waals surface area (Å²) < 4.78 is 0. The molecular formula is C14H30N2. The molecule has 0 atom stereocenters. The van der Waals surface area contributed by atoms with Gasteiger partial charge in [0, 0.05) is 13.1 Å². The molecule has 1 fully saturated rings. The minimum Gasteiger partial charge on any atom is -0.316 e. The lowest BCUT2D eigenvalue weighted by molar-refractivity contribution is 0.173. The Labute approximate surface area is 102 Å². The van der Waals surface area contributed by atoms with Crippen LogP contribution in [0.2, 0.25) is 0 Å². The maximum Gasteiger partial charge on any atom is 0.00471 e. The van der Waals surface area contributed by atoms with Crippen LogP contribution in [0.5, 0.6) is 0 Å². The van der Waals surface area contributed by atoms with Crippen LogP contribution in [0.4, 0.5) is 0 Å². The highest BCUT2D eigenvalue weighted by Crippen LogP contribution is 2.38. The predicted octanol–water partition coefficient (Wildman–Crippen LogP) is 2.89. The highest BCUT2D eigenvalue weighted by molar-refractivity contribution is 4.88. The Morgan fingerprint density at radius 1 is 1.12 bits per heavy atom. The Morgan fingerprint density at radius 2 is 1.81 bits per heavy atom. The summed E-state index contributed by atoms with van der Waals surface area (Å²) in [6.07, 6.45) is 8.26. The monoisotopic (exact) mass is 226 g/mol. The lowest BCUT2D eigenvalue weighted by Gasteiger charge is -2.34. The Hall–Kier alpha value is -0.0800. The summed E-state index contributed by atoms with van der Waals surface area (Å²) in [6.45, 7) is 9.46. The molecular weight excluding hydrogens is 196 g/mol. The highest BCUT2D eigenvalue weighted by Gasteiger charge is 2.34. The maximum atomic E-state index is 3.64. The molecule has 1 aliphatic carbocycles. The summed E-state index contributed by atoms with van der Waals surface area (Å²) in [7, 11) is 2.28. The van der Waals surface area contributed by atoms with Gasteiger partial charge in [-0.1, -0.05) is 26.7 Å². The third-order valence-electron chi connectivity index (χ3n) is 3.80. The van der Waals surface area contributed by atoms with Crippen molar-refractivity contribution in [1.29, 1.82) is 0 Å². The van der Waals surface area contributed by atoms with Crippen molar-refractivity contribution in [1.82, 2.24) is 10.2 Å². The predicted molar refractivity (Wildman–Crippen MR) is 71.8 cm³/mol. The standard InChI is InChI=1S/C14H30N2/c1-4-10-15-12-14(8-6-7-9-14)13-16(3)11-5-2/h15H,4-13H2,1-3H3. The fourth-order valence-corrected chi connectivity index (χ4v) is 3.08. The first-order chi connectivity index (χ1) is 7.72. The fraction of sp³-hybridized carbons (Fsp3) is 1.00. The van der Waals surface area contributed by atoms with Gasteiger partial charge in [0.25, 0.3) is 0 Å². The third kappa shape index (κ3) is 4.42. The van der Waals surface area contributed by atoms with Crippen molar-refractivity contribution < 1.29 is 0 Å². The van der Waals surface area contributed by atoms with Crippen molar-refractivity contribution in [3.8, 4) is 0 Å². The van der Waals surface area contributed by atoms with E-state index in [0.29, 0.717) is 5.41 Å². The van der Waals surface area contributed by atoms with Gasteiger partial charge in [0.15, 0.2) is 0 Å². The molecule has 1 aliphatic rings. The first-order valence-electron chi connectivity index (χ1n) is 7.12. The van der Waals surface area contributed by atoms with Crippen molar-refractivity contribution in [2.75, 3.05) is 33.2 Å². The molecule has 0 spiro atoms. The van der Waals surface area contributed by atoms with Crippen LogP contribution in [-0.4, -0.2) is 38.1 Å². The quantitative estimate of drug-likeness (QED) is 0.640. The second kappa shape index (κ2) is 7.29. The molecule has 0 aromatic carbocycles. The van der Waals surface area contributed by atoms with Gasteiger partial charge < -0.3 is 10.2 Å². The van der Waals surface area contributed by atoms with E-state index >= 15 is 0 Å². The molecule has 0 aromatic rings. The number of nitrogens with zero attached hydrogens (tertiary/aromatic N) is 1. The van der Waals surface area contributed by atoms with E-state index in [1.807, 2.05) is 0 Å². The van der Waals surface area contributed by atoms with Gasteiger partial charge >= 0.3 is 0 Å². The SMILES string of the molecule is CCCNCC1(CN(C)CCC)CCCC1. The lowest BCUT2D eigenvalue weighted by atomic mass is 9.85. The van der Waals surface area contributed by atoms with Gasteiger partial charge in [0.05, 0.1) is 0 Å². The smallest absolute Gasteiger partial charge is 0.00471 e. The summed E-state index contributed by atoms with van der Waals surface area (Å²) >= 11 is 0. The van der Waals surface area contributed by atoms with E-state index in [2.05, 4.69) is 31.1 Å². The van der Waals surface area contributed by atoms with Crippen molar-refractivity contribution >= 4 is 0 Å². The molecule has 96 valence electrons. The van der Waals surface area contributed by atoms with Crippen LogP contribution >= 0.6 is 0 Å². The molecule has 1 rings (SSSR count). The fourth-order valence-electron chi connectivity index (χ4n) is 3.08. The summed E-state index contributed by atoms with van der Waals surface area (Å²) in [4.78, 5) is 2.53. The van der Waals surface area contributed by atoms with Gasteiger partial charge in [-0.25, -0.2) is 0 Å². The van der Waals surface area contributed by atoms with Crippen LogP contribution in [0.1, 0.15) is 52.4 Å². The van der Waals surface area contributed by atoms with Crippen LogP contribution in [0.25, 0.3) is 0 Å². The molecule has 0 amide bonds. The van der Waals surface area contributed by atoms with E-state index in [1.165, 1.54) is 64.7 Å². The van der Waals surface area contributed by atoms with Crippen molar-refractivity contribution in [2.45, 2.75) is 52.4 Å². The number of nitrogens with one attached hydrogen (secondary N) is 1. The van der Waals surface area contributed by atoms with E-state index in [1.54, 1.807) is 0 Å². The van der Waals surface area contributed by atoms with Gasteiger partial charge in [-0.2, -0.15) is 0 Å². The Kier molecular flexibility index (Phi) is 6.37. The molecule has 16 heavy (non-hydrogen) atoms. The Morgan fingerprint density at radius 3 is 2.38 bits per heavy atom. The van der Waals surface area contributed by atoms with Crippen molar-refractivity contribution in [2.24, 2.45) is 5.41 Å². The first-order valence-corrected chi connectivity index (χ1v) is 7.12. The zero-order chi connectivity index (χ0) is 11.9. The number of hydrogen-bond donors (Lipinski definition) is 1. The molecule has 0 bridgehead atoms. The van der Waals surface area contributed by atoms with Crippen LogP contribution < -0.4 is 5.32 Å². The minimum absolute atomic E-state index is 0.582. The molecule has 0 aliphatic heterocycles. The normalized spacial score (nSPS) is 19.5. The molecule has 0 saturated heterocycles. The van der Waals surface area contributed by atoms with Gasteiger partial charge in [-0.3, -0.25) is 0 Å². The van der Waals surface area contributed by atoms with Crippen LogP contribution in [0.3, 0.4) is 0 Å². The highest BCUT2D eigenvalue weighted by atomic mass is 15.1. The van der Waals surface area contributed by atoms with Gasteiger partial charge in [0.2, 0.25) is 0 Å². The van der Waals surface area contributed by atoms with Crippen molar-refractivity contribution in [3.63, 3.8) is 0 Å². The lowest BCUT2D eigenvalue weighted by Crippen LogP contribution is -2.41. The van der Waals surface area contributed by atoms with Gasteiger partial charge in [-0.05, 0) is 51.2 Å². The average molecular weight is 226 g/mol. The molecule has 1 N–H and O–H groups in total. The van der Waals surface area contributed by atoms with Crippen molar-refractivity contribution in [3.05, 3.63) is 0 Å². The molecule has 0 heterocycles. The summed E-state index contributed by atoms with van der Waals surface area (Å²) in [5, 5.41) is 3.64. The van der Waals surface area contributed by atoms with E-state index in [-0.39, 0.29) is 0 Å². The summed E-state index contributed by atoms with van der Waals surface area (Å²) in [6, 6.07) is 0. The Balaban J connectivity index is 2.38. The maximum absolute atomic E-state index is 3.64. The molecule has 1 saturated carbocycles. The first kappa shape index (κ1) is 14.0. The van der Waals surface area contributed by atoms with E-state index < -0.39 is 0 Å². The van der Waals surface area contributed by atoms with Gasteiger partial charge in [-0.15, -0.1) is 0 Å². The molecule has 2 nitrogen and oxygen atoms in total. The second-order valence-electron chi connectivity index (χ2n) is 5.62. The molecule has 0 aromatic heterocycles. The number of rotatable bonds is 8. The molecule has 0 radical (unpaired) electrons. The Bertz CT molecular complexity index is 174. The van der Waals surface area contributed by atoms with E-state index in [0.717, 1.165) is 0 Å². The number of hydrogen-bond acceptors (Lipinski definition) is 2. The summed E-state index contributed by atoms with van der Waals surface area (Å²) in [5.41, 5.74) is 0.582.